The molecule has 0 atom stereocenters. The van der Waals surface area contributed by atoms with Crippen molar-refractivity contribution in [2.75, 3.05) is 10.6 Å². The Labute approximate surface area is 163 Å². The number of ether oxygens (including phenoxy) is 1. The van der Waals surface area contributed by atoms with Gasteiger partial charge in [0.15, 0.2) is 5.15 Å². The molecule has 1 aliphatic rings. The van der Waals surface area contributed by atoms with E-state index in [2.05, 4.69) is 20.6 Å². The summed E-state index contributed by atoms with van der Waals surface area (Å²) >= 11 is 11.7. The Morgan fingerprint density at radius 2 is 2.11 bits per heavy atom. The molecule has 0 fully saturated rings. The molecular formula is C17H11Cl2N5O3. The van der Waals surface area contributed by atoms with Gasteiger partial charge in [0, 0.05) is 11.9 Å². The van der Waals surface area contributed by atoms with Gasteiger partial charge in [-0.25, -0.2) is 9.97 Å². The molecular weight excluding hydrogens is 393 g/mol. The summed E-state index contributed by atoms with van der Waals surface area (Å²) in [5.74, 6) is -0.0801. The van der Waals surface area contributed by atoms with Crippen LogP contribution in [0.5, 0.6) is 11.6 Å². The van der Waals surface area contributed by atoms with Crippen molar-refractivity contribution in [3.8, 4) is 11.6 Å². The van der Waals surface area contributed by atoms with E-state index in [0.717, 1.165) is 0 Å². The van der Waals surface area contributed by atoms with Crippen LogP contribution in [0.2, 0.25) is 10.3 Å². The molecule has 8 nitrogen and oxygen atoms in total. The molecule has 3 aromatic rings. The summed E-state index contributed by atoms with van der Waals surface area (Å²) in [6.45, 7) is -0.0757. The number of nitrogens with zero attached hydrogens (tertiary/aromatic N) is 3. The second-order valence-electron chi connectivity index (χ2n) is 5.63. The first-order valence-corrected chi connectivity index (χ1v) is 8.51. The van der Waals surface area contributed by atoms with Gasteiger partial charge in [-0.2, -0.15) is 0 Å². The first-order valence-electron chi connectivity index (χ1n) is 7.75. The van der Waals surface area contributed by atoms with Crippen molar-refractivity contribution in [1.82, 2.24) is 14.5 Å². The lowest BCUT2D eigenvalue weighted by Crippen LogP contribution is -2.19. The van der Waals surface area contributed by atoms with Crippen LogP contribution in [0, 0.1) is 0 Å². The van der Waals surface area contributed by atoms with Crippen molar-refractivity contribution in [3.05, 3.63) is 58.7 Å². The quantitative estimate of drug-likeness (QED) is 0.696. The van der Waals surface area contributed by atoms with E-state index in [1.165, 1.54) is 17.0 Å². The number of amides is 2. The standard InChI is InChI=1S/C17H11Cl2N5O3/c18-14-15(19)24(8-21-14)7-13(25)22-9-3-4-12-10(6-9)16(26)23-11-2-1-5-20-17(11)27-12/h1-6,8H,7H2,(H,22,25)(H,23,26). The Bertz CT molecular complexity index is 1070. The number of aromatic nitrogens is 3. The zero-order valence-electron chi connectivity index (χ0n) is 13.6. The van der Waals surface area contributed by atoms with Crippen molar-refractivity contribution in [3.63, 3.8) is 0 Å². The van der Waals surface area contributed by atoms with Gasteiger partial charge in [0.1, 0.15) is 23.1 Å². The Morgan fingerprint density at radius 3 is 2.89 bits per heavy atom. The van der Waals surface area contributed by atoms with Gasteiger partial charge in [-0.15, -0.1) is 0 Å². The molecule has 0 saturated heterocycles. The molecule has 2 amide bonds. The monoisotopic (exact) mass is 403 g/mol. The normalized spacial score (nSPS) is 12.3. The maximum atomic E-state index is 12.5. The lowest BCUT2D eigenvalue weighted by atomic mass is 10.1. The van der Waals surface area contributed by atoms with Crippen LogP contribution < -0.4 is 15.4 Å². The van der Waals surface area contributed by atoms with E-state index in [-0.39, 0.29) is 34.2 Å². The van der Waals surface area contributed by atoms with E-state index < -0.39 is 0 Å². The number of halogens is 2. The minimum atomic E-state index is -0.364. The fraction of sp³-hybridized carbons (Fsp3) is 0.0588. The maximum Gasteiger partial charge on any atom is 0.259 e. The van der Waals surface area contributed by atoms with Crippen LogP contribution in [-0.4, -0.2) is 26.3 Å². The first-order chi connectivity index (χ1) is 13.0. The van der Waals surface area contributed by atoms with Crippen LogP contribution in [0.15, 0.2) is 42.9 Å². The highest BCUT2D eigenvalue weighted by atomic mass is 35.5. The van der Waals surface area contributed by atoms with Gasteiger partial charge in [-0.05, 0) is 30.3 Å². The number of rotatable bonds is 3. The Hall–Kier alpha value is -3.10. The highest BCUT2D eigenvalue weighted by molar-refractivity contribution is 6.40. The molecule has 2 N–H and O–H groups in total. The van der Waals surface area contributed by atoms with E-state index >= 15 is 0 Å². The van der Waals surface area contributed by atoms with E-state index in [0.29, 0.717) is 23.0 Å². The molecule has 136 valence electrons. The minimum Gasteiger partial charge on any atom is -0.436 e. The summed E-state index contributed by atoms with van der Waals surface area (Å²) in [7, 11) is 0. The summed E-state index contributed by atoms with van der Waals surface area (Å²) < 4.78 is 7.10. The first kappa shape index (κ1) is 17.3. The van der Waals surface area contributed by atoms with Crippen molar-refractivity contribution >= 4 is 46.4 Å². The molecule has 1 aliphatic heterocycles. The number of carbonyl (C=O) groups is 2. The smallest absolute Gasteiger partial charge is 0.259 e. The number of hydrogen-bond donors (Lipinski definition) is 2. The summed E-state index contributed by atoms with van der Waals surface area (Å²) in [6, 6.07) is 8.12. The molecule has 0 unspecified atom stereocenters. The van der Waals surface area contributed by atoms with Crippen molar-refractivity contribution in [2.24, 2.45) is 0 Å². The number of hydrogen-bond acceptors (Lipinski definition) is 5. The Balaban J connectivity index is 1.55. The molecule has 0 saturated carbocycles. The third-order valence-corrected chi connectivity index (χ3v) is 4.55. The number of imidazole rings is 1. The molecule has 0 spiro atoms. The molecule has 0 bridgehead atoms. The number of benzene rings is 1. The second-order valence-corrected chi connectivity index (χ2v) is 6.34. The van der Waals surface area contributed by atoms with Crippen molar-refractivity contribution in [2.45, 2.75) is 6.54 Å². The van der Waals surface area contributed by atoms with Gasteiger partial charge in [-0.1, -0.05) is 23.2 Å². The third kappa shape index (κ3) is 3.44. The summed E-state index contributed by atoms with van der Waals surface area (Å²) in [5.41, 5.74) is 1.17. The number of carbonyl (C=O) groups excluding carboxylic acids is 2. The number of fused-ring (bicyclic) bond motifs is 2. The third-order valence-electron chi connectivity index (χ3n) is 3.78. The zero-order valence-corrected chi connectivity index (χ0v) is 15.1. The predicted molar refractivity (Wildman–Crippen MR) is 99.6 cm³/mol. The van der Waals surface area contributed by atoms with Gasteiger partial charge < -0.3 is 19.9 Å². The van der Waals surface area contributed by atoms with Crippen LogP contribution in [0.3, 0.4) is 0 Å². The van der Waals surface area contributed by atoms with E-state index in [4.69, 9.17) is 27.9 Å². The van der Waals surface area contributed by atoms with E-state index in [1.807, 2.05) is 0 Å². The van der Waals surface area contributed by atoms with Gasteiger partial charge in [0.25, 0.3) is 5.91 Å². The minimum absolute atomic E-state index is 0.0757. The fourth-order valence-electron chi connectivity index (χ4n) is 2.54. The van der Waals surface area contributed by atoms with Crippen LogP contribution in [-0.2, 0) is 11.3 Å². The second kappa shape index (κ2) is 6.90. The molecule has 0 radical (unpaired) electrons. The molecule has 10 heteroatoms. The summed E-state index contributed by atoms with van der Waals surface area (Å²) in [5, 5.41) is 5.72. The van der Waals surface area contributed by atoms with E-state index in [9.17, 15) is 9.59 Å². The average Bonchev–Trinajstić information content (AvgIpc) is 2.88. The fourth-order valence-corrected chi connectivity index (χ4v) is 2.85. The Kier molecular flexibility index (Phi) is 4.43. The number of pyridine rings is 1. The van der Waals surface area contributed by atoms with Crippen LogP contribution in [0.25, 0.3) is 0 Å². The van der Waals surface area contributed by atoms with Gasteiger partial charge in [-0.3, -0.25) is 9.59 Å². The van der Waals surface area contributed by atoms with Crippen molar-refractivity contribution in [1.29, 1.82) is 0 Å². The van der Waals surface area contributed by atoms with Gasteiger partial charge in [0.05, 0.1) is 11.9 Å². The van der Waals surface area contributed by atoms with Crippen LogP contribution in [0.1, 0.15) is 10.4 Å². The molecule has 27 heavy (non-hydrogen) atoms. The number of nitrogens with one attached hydrogen (secondary N) is 2. The van der Waals surface area contributed by atoms with Crippen LogP contribution in [0.4, 0.5) is 11.4 Å². The molecule has 3 heterocycles. The zero-order chi connectivity index (χ0) is 19.0. The van der Waals surface area contributed by atoms with Crippen LogP contribution >= 0.6 is 23.2 Å². The highest BCUT2D eigenvalue weighted by Crippen LogP contribution is 2.34. The highest BCUT2D eigenvalue weighted by Gasteiger charge is 2.22. The Morgan fingerprint density at radius 1 is 1.26 bits per heavy atom. The number of anilines is 2. The topological polar surface area (TPSA) is 98.1 Å². The summed E-state index contributed by atoms with van der Waals surface area (Å²) in [4.78, 5) is 32.6. The SMILES string of the molecule is O=C(Cn1cnc(Cl)c1Cl)Nc1ccc2c(c1)C(=O)Nc1cccnc1O2. The van der Waals surface area contributed by atoms with E-state index in [1.54, 1.807) is 30.5 Å². The molecule has 4 rings (SSSR count). The lowest BCUT2D eigenvalue weighted by molar-refractivity contribution is -0.116. The average molecular weight is 404 g/mol. The molecule has 0 aliphatic carbocycles. The van der Waals surface area contributed by atoms with Gasteiger partial charge >= 0.3 is 0 Å². The molecule has 1 aromatic carbocycles. The predicted octanol–water partition coefficient (Wildman–Crippen LogP) is 3.58. The lowest BCUT2D eigenvalue weighted by Gasteiger charge is -2.10. The maximum absolute atomic E-state index is 12.5. The largest absolute Gasteiger partial charge is 0.436 e. The molecule has 2 aromatic heterocycles. The van der Waals surface area contributed by atoms with Crippen molar-refractivity contribution < 1.29 is 14.3 Å². The summed E-state index contributed by atoms with van der Waals surface area (Å²) in [6.07, 6.45) is 2.94. The van der Waals surface area contributed by atoms with Gasteiger partial charge in [0.2, 0.25) is 11.8 Å².